The SMILES string of the molecule is CC(=O)Nc1nnc(COc2ccc([N+](=O)[O-])cc2)s1. The van der Waals surface area contributed by atoms with Crippen LogP contribution in [-0.2, 0) is 11.4 Å². The molecule has 0 radical (unpaired) electrons. The van der Waals surface area contributed by atoms with Crippen molar-refractivity contribution in [1.82, 2.24) is 10.2 Å². The molecule has 9 heteroatoms. The lowest BCUT2D eigenvalue weighted by molar-refractivity contribution is -0.384. The second-order valence-corrected chi connectivity index (χ2v) is 4.78. The number of hydrogen-bond acceptors (Lipinski definition) is 7. The second-order valence-electron chi connectivity index (χ2n) is 3.72. The van der Waals surface area contributed by atoms with Gasteiger partial charge in [-0.1, -0.05) is 11.3 Å². The van der Waals surface area contributed by atoms with Crippen LogP contribution in [0.4, 0.5) is 10.8 Å². The highest BCUT2D eigenvalue weighted by atomic mass is 32.1. The van der Waals surface area contributed by atoms with Crippen LogP contribution in [0.2, 0.25) is 0 Å². The van der Waals surface area contributed by atoms with Gasteiger partial charge in [0, 0.05) is 19.1 Å². The predicted octanol–water partition coefficient (Wildman–Crippen LogP) is 1.98. The lowest BCUT2D eigenvalue weighted by Gasteiger charge is -2.02. The quantitative estimate of drug-likeness (QED) is 0.667. The lowest BCUT2D eigenvalue weighted by Crippen LogP contribution is -2.04. The molecule has 0 unspecified atom stereocenters. The summed E-state index contributed by atoms with van der Waals surface area (Å²) in [6.45, 7) is 1.56. The van der Waals surface area contributed by atoms with Crippen molar-refractivity contribution in [1.29, 1.82) is 0 Å². The molecule has 0 atom stereocenters. The topological polar surface area (TPSA) is 107 Å². The summed E-state index contributed by atoms with van der Waals surface area (Å²) in [5.74, 6) is 0.274. The van der Waals surface area contributed by atoms with E-state index < -0.39 is 4.92 Å². The summed E-state index contributed by atoms with van der Waals surface area (Å²) in [5.41, 5.74) is 0.00112. The molecule has 1 amide bonds. The average Bonchev–Trinajstić information content (AvgIpc) is 2.83. The van der Waals surface area contributed by atoms with Crippen LogP contribution in [0.1, 0.15) is 11.9 Å². The second kappa shape index (κ2) is 6.06. The van der Waals surface area contributed by atoms with E-state index in [1.165, 1.54) is 42.5 Å². The first-order valence-electron chi connectivity index (χ1n) is 5.52. The lowest BCUT2D eigenvalue weighted by atomic mass is 10.3. The highest BCUT2D eigenvalue weighted by Gasteiger charge is 2.07. The van der Waals surface area contributed by atoms with Gasteiger partial charge in [-0.25, -0.2) is 0 Å². The number of nitrogens with one attached hydrogen (secondary N) is 1. The van der Waals surface area contributed by atoms with Crippen molar-refractivity contribution in [3.05, 3.63) is 39.4 Å². The molecule has 2 rings (SSSR count). The first-order valence-corrected chi connectivity index (χ1v) is 6.33. The number of nitrogens with zero attached hydrogens (tertiary/aromatic N) is 3. The van der Waals surface area contributed by atoms with Gasteiger partial charge in [0.15, 0.2) is 5.01 Å². The fraction of sp³-hybridized carbons (Fsp3) is 0.182. The number of carbonyl (C=O) groups excluding carboxylic acids is 1. The summed E-state index contributed by atoms with van der Waals surface area (Å²) >= 11 is 1.20. The van der Waals surface area contributed by atoms with Crippen molar-refractivity contribution in [2.24, 2.45) is 0 Å². The van der Waals surface area contributed by atoms with E-state index >= 15 is 0 Å². The van der Waals surface area contributed by atoms with Gasteiger partial charge in [-0.05, 0) is 12.1 Å². The van der Waals surface area contributed by atoms with Crippen molar-refractivity contribution >= 4 is 28.1 Å². The summed E-state index contributed by atoms with van der Waals surface area (Å²) < 4.78 is 5.42. The Kier molecular flexibility index (Phi) is 4.20. The normalized spacial score (nSPS) is 10.1. The van der Waals surface area contributed by atoms with Crippen LogP contribution >= 0.6 is 11.3 Å². The number of nitro groups is 1. The Hall–Kier alpha value is -2.55. The fourth-order valence-electron chi connectivity index (χ4n) is 1.32. The van der Waals surface area contributed by atoms with Crippen LogP contribution in [0, 0.1) is 10.1 Å². The maximum atomic E-state index is 10.8. The van der Waals surface area contributed by atoms with Crippen molar-refractivity contribution in [3.8, 4) is 5.75 Å². The Labute approximate surface area is 117 Å². The number of anilines is 1. The summed E-state index contributed by atoms with van der Waals surface area (Å²) in [7, 11) is 0. The number of carbonyl (C=O) groups is 1. The van der Waals surface area contributed by atoms with Crippen LogP contribution in [0.5, 0.6) is 5.75 Å². The standard InChI is InChI=1S/C11H10N4O4S/c1-7(16)12-11-14-13-10(20-11)6-19-9-4-2-8(3-5-9)15(17)18/h2-5H,6H2,1H3,(H,12,14,16). The van der Waals surface area contributed by atoms with Gasteiger partial charge in [0.25, 0.3) is 5.69 Å². The van der Waals surface area contributed by atoms with Crippen LogP contribution in [0.25, 0.3) is 0 Å². The van der Waals surface area contributed by atoms with Crippen molar-refractivity contribution < 1.29 is 14.5 Å². The third kappa shape index (κ3) is 3.72. The molecule has 0 saturated carbocycles. The molecule has 2 aromatic rings. The van der Waals surface area contributed by atoms with E-state index in [4.69, 9.17) is 4.74 Å². The van der Waals surface area contributed by atoms with Crippen LogP contribution in [-0.4, -0.2) is 21.0 Å². The highest BCUT2D eigenvalue weighted by Crippen LogP contribution is 2.20. The highest BCUT2D eigenvalue weighted by molar-refractivity contribution is 7.15. The first kappa shape index (κ1) is 13.9. The van der Waals surface area contributed by atoms with Crippen molar-refractivity contribution in [2.45, 2.75) is 13.5 Å². The zero-order chi connectivity index (χ0) is 14.5. The number of non-ortho nitro benzene ring substituents is 1. The van der Waals surface area contributed by atoms with Gasteiger partial charge in [0.1, 0.15) is 12.4 Å². The minimum absolute atomic E-state index is 0.00112. The summed E-state index contributed by atoms with van der Waals surface area (Å²) in [5, 5.41) is 21.6. The smallest absolute Gasteiger partial charge is 0.269 e. The summed E-state index contributed by atoms with van der Waals surface area (Å²) in [6.07, 6.45) is 0. The van der Waals surface area contributed by atoms with E-state index in [0.717, 1.165) is 0 Å². The Morgan fingerprint density at radius 3 is 2.70 bits per heavy atom. The van der Waals surface area contributed by atoms with E-state index in [0.29, 0.717) is 15.9 Å². The Morgan fingerprint density at radius 1 is 1.40 bits per heavy atom. The number of aromatic nitrogens is 2. The van der Waals surface area contributed by atoms with Gasteiger partial charge in [0.2, 0.25) is 11.0 Å². The number of rotatable bonds is 5. The Bertz CT molecular complexity index is 626. The van der Waals surface area contributed by atoms with E-state index in [1.54, 1.807) is 0 Å². The molecule has 0 bridgehead atoms. The van der Waals surface area contributed by atoms with E-state index in [2.05, 4.69) is 15.5 Å². The van der Waals surface area contributed by atoms with Crippen LogP contribution in [0.15, 0.2) is 24.3 Å². The van der Waals surface area contributed by atoms with Crippen molar-refractivity contribution in [3.63, 3.8) is 0 Å². The maximum absolute atomic E-state index is 10.8. The summed E-state index contributed by atoms with van der Waals surface area (Å²) in [4.78, 5) is 20.8. The zero-order valence-electron chi connectivity index (χ0n) is 10.4. The predicted molar refractivity (Wildman–Crippen MR) is 71.6 cm³/mol. The third-order valence-electron chi connectivity index (χ3n) is 2.16. The number of ether oxygens (including phenoxy) is 1. The zero-order valence-corrected chi connectivity index (χ0v) is 11.2. The molecule has 1 heterocycles. The molecule has 8 nitrogen and oxygen atoms in total. The van der Waals surface area contributed by atoms with Gasteiger partial charge in [0.05, 0.1) is 4.92 Å². The number of hydrogen-bond donors (Lipinski definition) is 1. The Balaban J connectivity index is 1.93. The van der Waals surface area contributed by atoms with Crippen molar-refractivity contribution in [2.75, 3.05) is 5.32 Å². The van der Waals surface area contributed by atoms with Gasteiger partial charge in [-0.3, -0.25) is 14.9 Å². The molecule has 1 N–H and O–H groups in total. The number of benzene rings is 1. The monoisotopic (exact) mass is 294 g/mol. The molecule has 1 aromatic carbocycles. The molecule has 0 spiro atoms. The molecule has 0 fully saturated rings. The Morgan fingerprint density at radius 2 is 2.10 bits per heavy atom. The van der Waals surface area contributed by atoms with Crippen LogP contribution < -0.4 is 10.1 Å². The molecule has 1 aromatic heterocycles. The molecule has 0 aliphatic rings. The largest absolute Gasteiger partial charge is 0.486 e. The van der Waals surface area contributed by atoms with E-state index in [1.807, 2.05) is 0 Å². The van der Waals surface area contributed by atoms with Gasteiger partial charge >= 0.3 is 0 Å². The molecule has 0 aliphatic carbocycles. The average molecular weight is 294 g/mol. The number of nitro benzene ring substituents is 1. The first-order chi connectivity index (χ1) is 9.54. The van der Waals surface area contributed by atoms with E-state index in [-0.39, 0.29) is 18.2 Å². The molecular weight excluding hydrogens is 284 g/mol. The molecule has 0 aliphatic heterocycles. The number of amides is 1. The van der Waals surface area contributed by atoms with Crippen LogP contribution in [0.3, 0.4) is 0 Å². The minimum atomic E-state index is -0.478. The van der Waals surface area contributed by atoms with Gasteiger partial charge < -0.3 is 10.1 Å². The molecule has 20 heavy (non-hydrogen) atoms. The third-order valence-corrected chi connectivity index (χ3v) is 2.97. The van der Waals surface area contributed by atoms with Gasteiger partial charge in [-0.2, -0.15) is 0 Å². The molecule has 0 saturated heterocycles. The maximum Gasteiger partial charge on any atom is 0.269 e. The van der Waals surface area contributed by atoms with Gasteiger partial charge in [-0.15, -0.1) is 10.2 Å². The summed E-state index contributed by atoms with van der Waals surface area (Å²) in [6, 6.07) is 5.73. The van der Waals surface area contributed by atoms with E-state index in [9.17, 15) is 14.9 Å². The molecule has 104 valence electrons. The molecular formula is C11H10N4O4S. The fourth-order valence-corrected chi connectivity index (χ4v) is 2.02. The minimum Gasteiger partial charge on any atom is -0.486 e.